The van der Waals surface area contributed by atoms with Crippen LogP contribution in [0.2, 0.25) is 0 Å². The van der Waals surface area contributed by atoms with Gasteiger partial charge in [0.1, 0.15) is 0 Å². The minimum Gasteiger partial charge on any atom is -0.0622 e. The van der Waals surface area contributed by atoms with E-state index in [0.717, 1.165) is 10.8 Å². The van der Waals surface area contributed by atoms with Crippen molar-refractivity contribution in [3.8, 4) is 33.4 Å². The molecule has 8 rings (SSSR count). The molecule has 0 unspecified atom stereocenters. The summed E-state index contributed by atoms with van der Waals surface area (Å²) in [6, 6.07) is 17.0. The Labute approximate surface area is 252 Å². The Morgan fingerprint density at radius 1 is 0.350 bits per heavy atom. The predicted molar refractivity (Wildman–Crippen MR) is 173 cm³/mol. The Morgan fingerprint density at radius 2 is 0.950 bits per heavy atom. The summed E-state index contributed by atoms with van der Waals surface area (Å²) < 4.78 is 115. The smallest absolute Gasteiger partial charge is 0.0622 e. The van der Waals surface area contributed by atoms with Crippen molar-refractivity contribution >= 4 is 43.1 Å². The van der Waals surface area contributed by atoms with Crippen LogP contribution in [0.1, 0.15) is 17.8 Å². The van der Waals surface area contributed by atoms with Crippen molar-refractivity contribution in [2.24, 2.45) is 0 Å². The zero-order valence-electron chi connectivity index (χ0n) is 34.0. The second-order valence-corrected chi connectivity index (χ2v) is 9.51. The van der Waals surface area contributed by atoms with E-state index in [4.69, 9.17) is 13.7 Å². The van der Waals surface area contributed by atoms with Gasteiger partial charge in [0, 0.05) is 0 Å². The molecule has 0 saturated carbocycles. The van der Waals surface area contributed by atoms with Gasteiger partial charge in [-0.1, -0.05) is 151 Å². The molecule has 0 aliphatic heterocycles. The van der Waals surface area contributed by atoms with Gasteiger partial charge in [0.2, 0.25) is 0 Å². The molecule has 186 valence electrons. The van der Waals surface area contributed by atoms with Crippen LogP contribution in [0.4, 0.5) is 0 Å². The van der Waals surface area contributed by atoms with E-state index in [1.54, 1.807) is 24.3 Å². The Balaban J connectivity index is 1.63. The minimum atomic E-state index is -0.615. The third kappa shape index (κ3) is 3.54. The van der Waals surface area contributed by atoms with Gasteiger partial charge >= 0.3 is 0 Å². The van der Waals surface area contributed by atoms with Gasteiger partial charge in [0.05, 0.1) is 17.8 Å². The fraction of sp³-hybridized carbons (Fsp3) is 0. The highest BCUT2D eigenvalue weighted by molar-refractivity contribution is 6.24. The van der Waals surface area contributed by atoms with Gasteiger partial charge in [-0.2, -0.15) is 0 Å². The van der Waals surface area contributed by atoms with Gasteiger partial charge in [-0.25, -0.2) is 0 Å². The molecule has 0 amide bonds. The van der Waals surface area contributed by atoms with Crippen LogP contribution < -0.4 is 0 Å². The average molecular weight is 520 g/mol. The second-order valence-electron chi connectivity index (χ2n) is 9.51. The van der Waals surface area contributed by atoms with Gasteiger partial charge in [0.25, 0.3) is 0 Å². The zero-order chi connectivity index (χ0) is 37.8. The summed E-state index contributed by atoms with van der Waals surface area (Å²) in [4.78, 5) is 0. The van der Waals surface area contributed by atoms with Crippen molar-refractivity contribution in [1.29, 1.82) is 0 Å². The van der Waals surface area contributed by atoms with Crippen LogP contribution in [0, 0.1) is 0 Å². The largest absolute Gasteiger partial charge is 0.0629 e. The predicted octanol–water partition coefficient (Wildman–Crippen LogP) is 11.3. The molecule has 0 saturated heterocycles. The van der Waals surface area contributed by atoms with E-state index in [2.05, 4.69) is 0 Å². The summed E-state index contributed by atoms with van der Waals surface area (Å²) in [5.74, 6) is 0. The van der Waals surface area contributed by atoms with Gasteiger partial charge in [0.15, 0.2) is 0 Å². The fourth-order valence-corrected chi connectivity index (χ4v) is 5.60. The molecule has 0 nitrogen and oxygen atoms in total. The lowest BCUT2D eigenvalue weighted by Crippen LogP contribution is -1.92. The van der Waals surface area contributed by atoms with Crippen LogP contribution in [-0.4, -0.2) is 0 Å². The van der Waals surface area contributed by atoms with Crippen LogP contribution in [0.15, 0.2) is 157 Å². The van der Waals surface area contributed by atoms with Crippen LogP contribution in [0.25, 0.3) is 76.5 Å². The number of fused-ring (bicyclic) bond motifs is 4. The van der Waals surface area contributed by atoms with Crippen LogP contribution in [0.5, 0.6) is 0 Å². The van der Waals surface area contributed by atoms with Crippen molar-refractivity contribution in [3.63, 3.8) is 0 Å². The number of benzene rings is 8. The topological polar surface area (TPSA) is 0 Å². The molecule has 0 fully saturated rings. The summed E-state index contributed by atoms with van der Waals surface area (Å²) in [5.41, 5.74) is 0.993. The Hall–Kier alpha value is -5.20. The van der Waals surface area contributed by atoms with Crippen molar-refractivity contribution in [1.82, 2.24) is 0 Å². The Kier molecular flexibility index (Phi) is 3.05. The molecule has 8 aromatic rings. The lowest BCUT2D eigenvalue weighted by Gasteiger charge is -2.19. The molecular weight excluding hydrogens is 480 g/mol. The van der Waals surface area contributed by atoms with Crippen molar-refractivity contribution in [2.45, 2.75) is 0 Å². The molecule has 8 aromatic carbocycles. The first kappa shape index (κ1) is 13.2. The summed E-state index contributed by atoms with van der Waals surface area (Å²) in [6.07, 6.45) is 0. The molecule has 0 atom stereocenters. The number of hydrogen-bond donors (Lipinski definition) is 0. The second kappa shape index (κ2) is 9.22. The molecule has 0 spiro atoms. The van der Waals surface area contributed by atoms with E-state index in [1.165, 1.54) is 12.1 Å². The molecule has 0 aromatic heterocycles. The fourth-order valence-electron chi connectivity index (χ4n) is 5.60. The summed E-state index contributed by atoms with van der Waals surface area (Å²) in [7, 11) is 0. The van der Waals surface area contributed by atoms with Crippen molar-refractivity contribution in [3.05, 3.63) is 157 Å². The molecule has 0 N–H and O–H groups in total. The molecular formula is C40H26. The Bertz CT molecular complexity index is 2900. The maximum Gasteiger partial charge on any atom is 0.0629 e. The van der Waals surface area contributed by atoms with E-state index >= 15 is 0 Å². The Morgan fingerprint density at radius 3 is 1.73 bits per heavy atom. The third-order valence-electron chi connectivity index (χ3n) is 7.35. The quantitative estimate of drug-likeness (QED) is 0.204. The first-order chi connectivity index (χ1) is 25.2. The zero-order valence-corrected chi connectivity index (χ0v) is 21.0. The first-order valence-corrected chi connectivity index (χ1v) is 12.8. The minimum absolute atomic E-state index is 0.00712. The summed E-state index contributed by atoms with van der Waals surface area (Å²) in [5, 5.41) is 2.99. The SMILES string of the molecule is [2H]c1cc2c(-c3c4ccccc4c(-c4c([2H])c([2H])c([2H])c([2H])c4[2H])c4c([2H])c([2H])c([2H])c([2H])c34)c([2H])c([2H])cc2c(-c2ccc3ccccc3c2)c1[2H]. The van der Waals surface area contributed by atoms with Gasteiger partial charge in [-0.15, -0.1) is 0 Å². The van der Waals surface area contributed by atoms with E-state index in [-0.39, 0.29) is 57.2 Å². The number of hydrogen-bond acceptors (Lipinski definition) is 0. The van der Waals surface area contributed by atoms with Crippen molar-refractivity contribution < 1.29 is 17.8 Å². The molecule has 0 aliphatic rings. The van der Waals surface area contributed by atoms with Crippen LogP contribution in [-0.2, 0) is 0 Å². The normalized spacial score (nSPS) is 16.1. The summed E-state index contributed by atoms with van der Waals surface area (Å²) >= 11 is 0. The van der Waals surface area contributed by atoms with E-state index in [9.17, 15) is 4.11 Å². The molecule has 0 heterocycles. The monoisotopic (exact) mass is 519 g/mol. The van der Waals surface area contributed by atoms with Crippen molar-refractivity contribution in [2.75, 3.05) is 0 Å². The van der Waals surface area contributed by atoms with E-state index < -0.39 is 54.4 Å². The van der Waals surface area contributed by atoms with Gasteiger partial charge in [-0.05, 0) is 82.5 Å². The number of rotatable bonds is 3. The highest BCUT2D eigenvalue weighted by Crippen LogP contribution is 2.46. The average Bonchev–Trinajstić information content (AvgIpc) is 3.16. The summed E-state index contributed by atoms with van der Waals surface area (Å²) in [6.45, 7) is 0. The first-order valence-electron chi connectivity index (χ1n) is 19.3. The lowest BCUT2D eigenvalue weighted by molar-refractivity contribution is 1.65. The highest BCUT2D eigenvalue weighted by Gasteiger charge is 2.18. The maximum absolute atomic E-state index is 9.34. The molecule has 0 bridgehead atoms. The van der Waals surface area contributed by atoms with Crippen LogP contribution >= 0.6 is 0 Å². The van der Waals surface area contributed by atoms with E-state index in [0.29, 0.717) is 32.7 Å². The highest BCUT2D eigenvalue weighted by atomic mass is 14.2. The molecule has 0 heteroatoms. The van der Waals surface area contributed by atoms with E-state index in [1.807, 2.05) is 42.5 Å². The van der Waals surface area contributed by atoms with Crippen LogP contribution in [0.3, 0.4) is 0 Å². The maximum atomic E-state index is 9.34. The third-order valence-corrected chi connectivity index (χ3v) is 7.35. The lowest BCUT2D eigenvalue weighted by atomic mass is 9.84. The van der Waals surface area contributed by atoms with Gasteiger partial charge < -0.3 is 0 Å². The standard InChI is InChI=1S/C40H26/c1-2-13-28(14-3-1)39-35-16-6-8-18-37(35)40(38-19-9-7-17-36(38)39)34-23-11-21-32-31(20-10-22-33(32)34)30-25-24-27-12-4-5-15-29(27)26-30/h1-26H/i1D,2D,3D,6D,8D,10D,11D,13D,14D,16D,18D,20D,23D. The molecule has 40 heavy (non-hydrogen) atoms. The van der Waals surface area contributed by atoms with Gasteiger partial charge in [-0.3, -0.25) is 0 Å². The molecule has 0 radical (unpaired) electrons. The molecule has 0 aliphatic carbocycles.